The highest BCUT2D eigenvalue weighted by Crippen LogP contribution is 2.19. The maximum atomic E-state index is 11.1. The van der Waals surface area contributed by atoms with Gasteiger partial charge in [-0.1, -0.05) is 13.0 Å². The van der Waals surface area contributed by atoms with Crippen molar-refractivity contribution < 1.29 is 10.0 Å². The average molecular weight is 248 g/mol. The van der Waals surface area contributed by atoms with Crippen molar-refractivity contribution in [3.05, 3.63) is 29.6 Å². The number of hydrogen-bond donors (Lipinski definition) is 3. The topological polar surface area (TPSA) is 78.7 Å². The molecule has 0 saturated heterocycles. The summed E-state index contributed by atoms with van der Waals surface area (Å²) in [4.78, 5) is 15.5. The van der Waals surface area contributed by atoms with Gasteiger partial charge in [-0.2, -0.15) is 0 Å². The second kappa shape index (κ2) is 5.05. The lowest BCUT2D eigenvalue weighted by Gasteiger charge is -2.09. The van der Waals surface area contributed by atoms with E-state index in [0.717, 1.165) is 29.3 Å². The second-order valence-electron chi connectivity index (χ2n) is 4.00. The van der Waals surface area contributed by atoms with E-state index < -0.39 is 5.91 Å². The van der Waals surface area contributed by atoms with Crippen LogP contribution in [0.15, 0.2) is 18.2 Å². The Labute approximate surface area is 105 Å². The van der Waals surface area contributed by atoms with Gasteiger partial charge in [0.1, 0.15) is 11.5 Å². The molecule has 6 heteroatoms. The van der Waals surface area contributed by atoms with Gasteiger partial charge in [0, 0.05) is 5.69 Å². The highest BCUT2D eigenvalue weighted by molar-refractivity contribution is 5.79. The van der Waals surface area contributed by atoms with Crippen LogP contribution in [0.2, 0.25) is 0 Å². The summed E-state index contributed by atoms with van der Waals surface area (Å²) < 4.78 is 1.99. The molecule has 18 heavy (non-hydrogen) atoms. The van der Waals surface area contributed by atoms with Crippen LogP contribution in [-0.2, 0) is 11.2 Å². The minimum Gasteiger partial charge on any atom is -0.360 e. The van der Waals surface area contributed by atoms with E-state index in [1.165, 1.54) is 0 Å². The SMILES string of the molecule is CCc1cccc2nc(C)c(NCC(=O)NO)n12. The van der Waals surface area contributed by atoms with Crippen molar-refractivity contribution in [3.63, 3.8) is 0 Å². The van der Waals surface area contributed by atoms with Crippen LogP contribution in [0.1, 0.15) is 18.3 Å². The average Bonchev–Trinajstić information content (AvgIpc) is 2.71. The molecule has 0 aliphatic carbocycles. The van der Waals surface area contributed by atoms with Gasteiger partial charge in [-0.25, -0.2) is 10.5 Å². The van der Waals surface area contributed by atoms with E-state index in [1.54, 1.807) is 5.48 Å². The summed E-state index contributed by atoms with van der Waals surface area (Å²) in [7, 11) is 0. The Balaban J connectivity index is 2.42. The standard InChI is InChI=1S/C12H16N4O2/c1-3-9-5-4-6-10-14-8(2)12(16(9)10)13-7-11(17)15-18/h4-6,13,18H,3,7H2,1-2H3,(H,15,17). The van der Waals surface area contributed by atoms with Gasteiger partial charge in [0.15, 0.2) is 0 Å². The van der Waals surface area contributed by atoms with E-state index in [2.05, 4.69) is 17.2 Å². The number of fused-ring (bicyclic) bond motifs is 1. The number of hydrogen-bond acceptors (Lipinski definition) is 4. The second-order valence-corrected chi connectivity index (χ2v) is 4.00. The summed E-state index contributed by atoms with van der Waals surface area (Å²) in [6.45, 7) is 3.95. The van der Waals surface area contributed by atoms with E-state index in [0.29, 0.717) is 0 Å². The Bertz CT molecular complexity index is 577. The van der Waals surface area contributed by atoms with Crippen LogP contribution in [0.4, 0.5) is 5.82 Å². The molecule has 2 heterocycles. The molecule has 0 radical (unpaired) electrons. The van der Waals surface area contributed by atoms with Crippen LogP contribution in [0.5, 0.6) is 0 Å². The van der Waals surface area contributed by atoms with E-state index >= 15 is 0 Å². The number of rotatable bonds is 4. The van der Waals surface area contributed by atoms with Gasteiger partial charge in [-0.3, -0.25) is 14.4 Å². The molecule has 3 N–H and O–H groups in total. The van der Waals surface area contributed by atoms with Crippen molar-refractivity contribution in [2.24, 2.45) is 0 Å². The summed E-state index contributed by atoms with van der Waals surface area (Å²) in [5, 5.41) is 11.5. The molecule has 1 amide bonds. The number of imidazole rings is 1. The Kier molecular flexibility index (Phi) is 3.47. The molecule has 0 fully saturated rings. The van der Waals surface area contributed by atoms with Gasteiger partial charge < -0.3 is 5.32 Å². The first kappa shape index (κ1) is 12.4. The number of amides is 1. The van der Waals surface area contributed by atoms with Crippen LogP contribution >= 0.6 is 0 Å². The third-order valence-corrected chi connectivity index (χ3v) is 2.80. The number of carbonyl (C=O) groups is 1. The molecule has 0 bridgehead atoms. The fourth-order valence-electron chi connectivity index (χ4n) is 1.96. The molecule has 0 aliphatic rings. The van der Waals surface area contributed by atoms with E-state index in [9.17, 15) is 4.79 Å². The van der Waals surface area contributed by atoms with Crippen molar-refractivity contribution >= 4 is 17.4 Å². The first-order chi connectivity index (χ1) is 8.67. The zero-order valence-corrected chi connectivity index (χ0v) is 10.4. The molecule has 6 nitrogen and oxygen atoms in total. The number of aromatic nitrogens is 2. The van der Waals surface area contributed by atoms with Crippen LogP contribution in [0.3, 0.4) is 0 Å². The molecule has 0 atom stereocenters. The lowest BCUT2D eigenvalue weighted by molar-refractivity contribution is -0.127. The molecule has 0 unspecified atom stereocenters. The molecular weight excluding hydrogens is 232 g/mol. The third-order valence-electron chi connectivity index (χ3n) is 2.80. The van der Waals surface area contributed by atoms with E-state index in [-0.39, 0.29) is 6.54 Å². The highest BCUT2D eigenvalue weighted by Gasteiger charge is 2.11. The lowest BCUT2D eigenvalue weighted by atomic mass is 10.3. The first-order valence-corrected chi connectivity index (χ1v) is 5.81. The zero-order valence-electron chi connectivity index (χ0n) is 10.4. The molecule has 0 saturated carbocycles. The number of nitrogens with zero attached hydrogens (tertiary/aromatic N) is 2. The fraction of sp³-hybridized carbons (Fsp3) is 0.333. The van der Waals surface area contributed by atoms with Crippen LogP contribution < -0.4 is 10.8 Å². The maximum absolute atomic E-state index is 11.1. The lowest BCUT2D eigenvalue weighted by Crippen LogP contribution is -2.27. The van der Waals surface area contributed by atoms with Gasteiger partial charge in [0.2, 0.25) is 0 Å². The van der Waals surface area contributed by atoms with Crippen molar-refractivity contribution in [1.82, 2.24) is 14.9 Å². The van der Waals surface area contributed by atoms with Gasteiger partial charge in [-0.15, -0.1) is 0 Å². The number of hydroxylamine groups is 1. The summed E-state index contributed by atoms with van der Waals surface area (Å²) in [6, 6.07) is 5.90. The summed E-state index contributed by atoms with van der Waals surface area (Å²) in [6.07, 6.45) is 0.869. The van der Waals surface area contributed by atoms with Crippen LogP contribution in [-0.4, -0.2) is 27.0 Å². The third kappa shape index (κ3) is 2.14. The predicted octanol–water partition coefficient (Wildman–Crippen LogP) is 1.12. The molecule has 0 aromatic carbocycles. The van der Waals surface area contributed by atoms with Gasteiger partial charge in [0.05, 0.1) is 12.2 Å². The monoisotopic (exact) mass is 248 g/mol. The molecular formula is C12H16N4O2. The van der Waals surface area contributed by atoms with Gasteiger partial charge in [0.25, 0.3) is 5.91 Å². The Hall–Kier alpha value is -2.08. The fourth-order valence-corrected chi connectivity index (χ4v) is 1.96. The largest absolute Gasteiger partial charge is 0.360 e. The molecule has 0 aliphatic heterocycles. The number of carbonyl (C=O) groups excluding carboxylic acids is 1. The van der Waals surface area contributed by atoms with Crippen molar-refractivity contribution in [2.45, 2.75) is 20.3 Å². The summed E-state index contributed by atoms with van der Waals surface area (Å²) in [5.74, 6) is 0.296. The molecule has 2 rings (SSSR count). The summed E-state index contributed by atoms with van der Waals surface area (Å²) >= 11 is 0. The molecule has 0 spiro atoms. The van der Waals surface area contributed by atoms with Crippen molar-refractivity contribution in [1.29, 1.82) is 0 Å². The van der Waals surface area contributed by atoms with Gasteiger partial charge >= 0.3 is 0 Å². The van der Waals surface area contributed by atoms with Crippen molar-refractivity contribution in [3.8, 4) is 0 Å². The Morgan fingerprint density at radius 3 is 2.94 bits per heavy atom. The number of aryl methyl sites for hydroxylation is 2. The highest BCUT2D eigenvalue weighted by atomic mass is 16.5. The number of nitrogens with one attached hydrogen (secondary N) is 2. The smallest absolute Gasteiger partial charge is 0.262 e. The predicted molar refractivity (Wildman–Crippen MR) is 67.7 cm³/mol. The van der Waals surface area contributed by atoms with E-state index in [1.807, 2.05) is 29.5 Å². The minimum atomic E-state index is -0.488. The van der Waals surface area contributed by atoms with Crippen LogP contribution in [0, 0.1) is 6.92 Å². The minimum absolute atomic E-state index is 0.00316. The Morgan fingerprint density at radius 2 is 2.28 bits per heavy atom. The number of anilines is 1. The quantitative estimate of drug-likeness (QED) is 0.559. The van der Waals surface area contributed by atoms with Gasteiger partial charge in [-0.05, 0) is 25.5 Å². The number of pyridine rings is 1. The van der Waals surface area contributed by atoms with Crippen LogP contribution in [0.25, 0.3) is 5.65 Å². The maximum Gasteiger partial charge on any atom is 0.262 e. The normalized spacial score (nSPS) is 10.6. The van der Waals surface area contributed by atoms with E-state index in [4.69, 9.17) is 5.21 Å². The van der Waals surface area contributed by atoms with Crippen molar-refractivity contribution in [2.75, 3.05) is 11.9 Å². The Morgan fingerprint density at radius 1 is 1.50 bits per heavy atom. The molecule has 96 valence electrons. The zero-order chi connectivity index (χ0) is 13.1. The first-order valence-electron chi connectivity index (χ1n) is 5.81. The molecule has 2 aromatic rings. The molecule has 2 aromatic heterocycles. The summed E-state index contributed by atoms with van der Waals surface area (Å²) in [5.41, 5.74) is 4.37.